The van der Waals surface area contributed by atoms with Crippen LogP contribution in [-0.2, 0) is 0 Å². The summed E-state index contributed by atoms with van der Waals surface area (Å²) < 4.78 is 7.26. The van der Waals surface area contributed by atoms with Crippen LogP contribution in [0.4, 0.5) is 11.5 Å². The number of pyridine rings is 1. The van der Waals surface area contributed by atoms with E-state index in [0.29, 0.717) is 22.3 Å². The van der Waals surface area contributed by atoms with Crippen molar-refractivity contribution < 1.29 is 4.74 Å². The molecule has 0 saturated carbocycles. The summed E-state index contributed by atoms with van der Waals surface area (Å²) in [6, 6.07) is 7.59. The highest BCUT2D eigenvalue weighted by atomic mass is 35.5. The number of fused-ring (bicyclic) bond motifs is 1. The van der Waals surface area contributed by atoms with Crippen molar-refractivity contribution in [2.75, 3.05) is 7.11 Å². The molecule has 0 amide bonds. The molecular weight excluding hydrogens is 312 g/mol. The number of ether oxygens (including phenoxy) is 1. The third kappa shape index (κ3) is 2.80. The van der Waals surface area contributed by atoms with Crippen LogP contribution in [0.5, 0.6) is 5.75 Å². The lowest BCUT2D eigenvalue weighted by Gasteiger charge is -2.06. The third-order valence-corrected chi connectivity index (χ3v) is 4.11. The van der Waals surface area contributed by atoms with Crippen molar-refractivity contribution >= 4 is 28.8 Å². The fraction of sp³-hybridized carbons (Fsp3) is 0.235. The minimum absolute atomic E-state index is 0.590. The number of nitrogens with zero attached hydrogens (tertiary/aromatic N) is 4. The van der Waals surface area contributed by atoms with E-state index in [0.717, 1.165) is 22.5 Å². The Hall–Kier alpha value is -2.40. The number of rotatable bonds is 3. The maximum Gasteiger partial charge on any atom is 0.182 e. The van der Waals surface area contributed by atoms with Crippen molar-refractivity contribution in [2.24, 2.45) is 10.2 Å². The topological polar surface area (TPSA) is 51.2 Å². The van der Waals surface area contributed by atoms with E-state index >= 15 is 0 Å². The molecule has 3 aromatic rings. The molecule has 5 nitrogen and oxygen atoms in total. The molecule has 0 spiro atoms. The van der Waals surface area contributed by atoms with Crippen LogP contribution in [0.15, 0.2) is 40.7 Å². The summed E-state index contributed by atoms with van der Waals surface area (Å²) in [7, 11) is 1.59. The van der Waals surface area contributed by atoms with Gasteiger partial charge in [-0.25, -0.2) is 4.98 Å². The Balaban J connectivity index is 2.09. The van der Waals surface area contributed by atoms with Gasteiger partial charge in [-0.05, 0) is 44.0 Å². The van der Waals surface area contributed by atoms with Crippen LogP contribution in [0.3, 0.4) is 0 Å². The maximum absolute atomic E-state index is 6.12. The van der Waals surface area contributed by atoms with Crippen LogP contribution in [0, 0.1) is 20.8 Å². The van der Waals surface area contributed by atoms with Crippen LogP contribution < -0.4 is 4.74 Å². The smallest absolute Gasteiger partial charge is 0.182 e. The Bertz CT molecular complexity index is 915. The van der Waals surface area contributed by atoms with Crippen molar-refractivity contribution in [3.63, 3.8) is 0 Å². The van der Waals surface area contributed by atoms with Gasteiger partial charge in [-0.2, -0.15) is 0 Å². The van der Waals surface area contributed by atoms with E-state index in [1.807, 2.05) is 49.6 Å². The SMILES string of the molecule is COc1cc(Cl)c(C)cc1N=Nc1c(C)nc2c(C)cccn12. The first-order valence-electron chi connectivity index (χ1n) is 7.21. The molecule has 0 bridgehead atoms. The first kappa shape index (κ1) is 15.5. The molecule has 0 radical (unpaired) electrons. The number of hydrogen-bond donors (Lipinski definition) is 0. The fourth-order valence-electron chi connectivity index (χ4n) is 2.42. The lowest BCUT2D eigenvalue weighted by atomic mass is 10.2. The Morgan fingerprint density at radius 3 is 2.65 bits per heavy atom. The average Bonchev–Trinajstić information content (AvgIpc) is 2.85. The van der Waals surface area contributed by atoms with Gasteiger partial charge in [-0.1, -0.05) is 17.7 Å². The summed E-state index contributed by atoms with van der Waals surface area (Å²) in [5.41, 5.74) is 4.37. The standard InChI is InChI=1S/C17H17ClN4O/c1-10-6-5-7-22-16(10)19-12(3)17(22)21-20-14-8-11(2)13(18)9-15(14)23-4/h5-9H,1-4H3. The van der Waals surface area contributed by atoms with Crippen molar-refractivity contribution in [3.05, 3.63) is 52.3 Å². The average molecular weight is 329 g/mol. The number of hydrogen-bond acceptors (Lipinski definition) is 4. The third-order valence-electron chi connectivity index (χ3n) is 3.70. The Morgan fingerprint density at radius 2 is 1.91 bits per heavy atom. The van der Waals surface area contributed by atoms with E-state index in [2.05, 4.69) is 15.2 Å². The summed E-state index contributed by atoms with van der Waals surface area (Å²) in [6.45, 7) is 5.86. The second kappa shape index (κ2) is 6.01. The van der Waals surface area contributed by atoms with Gasteiger partial charge in [-0.15, -0.1) is 10.2 Å². The lowest BCUT2D eigenvalue weighted by Crippen LogP contribution is -1.86. The van der Waals surface area contributed by atoms with E-state index in [1.165, 1.54) is 0 Å². The van der Waals surface area contributed by atoms with E-state index < -0.39 is 0 Å². The summed E-state index contributed by atoms with van der Waals surface area (Å²) in [4.78, 5) is 4.56. The zero-order chi connectivity index (χ0) is 16.6. The van der Waals surface area contributed by atoms with Crippen molar-refractivity contribution in [3.8, 4) is 5.75 Å². The van der Waals surface area contributed by atoms with Crippen molar-refractivity contribution in [2.45, 2.75) is 20.8 Å². The number of aromatic nitrogens is 2. The van der Waals surface area contributed by atoms with Crippen LogP contribution >= 0.6 is 11.6 Å². The van der Waals surface area contributed by atoms with Gasteiger partial charge in [0.05, 0.1) is 12.8 Å². The summed E-state index contributed by atoms with van der Waals surface area (Å²) in [5.74, 6) is 1.30. The van der Waals surface area contributed by atoms with Crippen LogP contribution in [0.2, 0.25) is 5.02 Å². The maximum atomic E-state index is 6.12. The van der Waals surface area contributed by atoms with E-state index in [1.54, 1.807) is 13.2 Å². The number of methoxy groups -OCH3 is 1. The number of halogens is 1. The second-order valence-electron chi connectivity index (χ2n) is 5.38. The molecule has 0 aliphatic rings. The number of azo groups is 1. The molecule has 0 atom stereocenters. The van der Waals surface area contributed by atoms with Gasteiger partial charge in [0, 0.05) is 17.3 Å². The van der Waals surface area contributed by atoms with Gasteiger partial charge in [0.25, 0.3) is 0 Å². The summed E-state index contributed by atoms with van der Waals surface area (Å²) >= 11 is 6.12. The minimum Gasteiger partial charge on any atom is -0.494 e. The van der Waals surface area contributed by atoms with Crippen molar-refractivity contribution in [1.29, 1.82) is 0 Å². The molecule has 0 saturated heterocycles. The lowest BCUT2D eigenvalue weighted by molar-refractivity contribution is 0.416. The van der Waals surface area contributed by atoms with Crippen LogP contribution in [0.1, 0.15) is 16.8 Å². The van der Waals surface area contributed by atoms with Gasteiger partial charge >= 0.3 is 0 Å². The number of benzene rings is 1. The highest BCUT2D eigenvalue weighted by molar-refractivity contribution is 6.31. The molecule has 118 valence electrons. The highest BCUT2D eigenvalue weighted by Gasteiger charge is 2.11. The molecule has 2 heterocycles. The molecule has 0 aliphatic heterocycles. The largest absolute Gasteiger partial charge is 0.494 e. The predicted molar refractivity (Wildman–Crippen MR) is 91.6 cm³/mol. The summed E-state index contributed by atoms with van der Waals surface area (Å²) in [6.07, 6.45) is 1.93. The Kier molecular flexibility index (Phi) is 4.05. The van der Waals surface area contributed by atoms with E-state index in [-0.39, 0.29) is 0 Å². The molecular formula is C17H17ClN4O. The fourth-order valence-corrected chi connectivity index (χ4v) is 2.57. The molecule has 3 rings (SSSR count). The quantitative estimate of drug-likeness (QED) is 0.609. The van der Waals surface area contributed by atoms with Gasteiger partial charge in [0.15, 0.2) is 5.82 Å². The van der Waals surface area contributed by atoms with Crippen LogP contribution in [-0.4, -0.2) is 16.5 Å². The molecule has 0 aliphatic carbocycles. The Labute approximate surface area is 139 Å². The molecule has 1 aromatic carbocycles. The van der Waals surface area contributed by atoms with Gasteiger partial charge < -0.3 is 4.74 Å². The predicted octanol–water partition coefficient (Wildman–Crippen LogP) is 5.34. The molecule has 0 fully saturated rings. The molecule has 6 heteroatoms. The number of imidazole rings is 1. The summed E-state index contributed by atoms with van der Waals surface area (Å²) in [5, 5.41) is 9.37. The zero-order valence-electron chi connectivity index (χ0n) is 13.5. The number of aryl methyl sites for hydroxylation is 3. The molecule has 2 aromatic heterocycles. The molecule has 0 unspecified atom stereocenters. The van der Waals surface area contributed by atoms with E-state index in [9.17, 15) is 0 Å². The normalized spacial score (nSPS) is 11.5. The molecule has 23 heavy (non-hydrogen) atoms. The minimum atomic E-state index is 0.590. The monoisotopic (exact) mass is 328 g/mol. The first-order valence-corrected chi connectivity index (χ1v) is 7.59. The highest BCUT2D eigenvalue weighted by Crippen LogP contribution is 2.34. The first-order chi connectivity index (χ1) is 11.0. The van der Waals surface area contributed by atoms with Crippen LogP contribution in [0.25, 0.3) is 5.65 Å². The Morgan fingerprint density at radius 1 is 1.13 bits per heavy atom. The molecule has 0 N–H and O–H groups in total. The van der Waals surface area contributed by atoms with Gasteiger partial charge in [0.1, 0.15) is 17.1 Å². The van der Waals surface area contributed by atoms with Gasteiger partial charge in [-0.3, -0.25) is 4.40 Å². The van der Waals surface area contributed by atoms with Crippen molar-refractivity contribution in [1.82, 2.24) is 9.38 Å². The zero-order valence-corrected chi connectivity index (χ0v) is 14.2. The second-order valence-corrected chi connectivity index (χ2v) is 5.79. The van der Waals surface area contributed by atoms with E-state index in [4.69, 9.17) is 16.3 Å². The van der Waals surface area contributed by atoms with Gasteiger partial charge in [0.2, 0.25) is 0 Å².